The molecule has 0 amide bonds. The predicted molar refractivity (Wildman–Crippen MR) is 98.1 cm³/mol. The second-order valence-corrected chi connectivity index (χ2v) is 6.49. The molecule has 1 aliphatic rings. The van der Waals surface area contributed by atoms with E-state index in [1.54, 1.807) is 4.68 Å². The van der Waals surface area contributed by atoms with Crippen molar-refractivity contribution in [2.75, 3.05) is 25.0 Å². The van der Waals surface area contributed by atoms with Crippen LogP contribution >= 0.6 is 11.6 Å². The van der Waals surface area contributed by atoms with Crippen LogP contribution in [0.1, 0.15) is 11.1 Å². The van der Waals surface area contributed by atoms with Gasteiger partial charge in [-0.2, -0.15) is 4.68 Å². The highest BCUT2D eigenvalue weighted by atomic mass is 35.5. The molecule has 6 nitrogen and oxygen atoms in total. The third-order valence-corrected chi connectivity index (χ3v) is 4.82. The third kappa shape index (κ3) is 3.50. The Labute approximate surface area is 151 Å². The lowest BCUT2D eigenvalue weighted by Crippen LogP contribution is -2.34. The number of para-hydroxylation sites is 1. The summed E-state index contributed by atoms with van der Waals surface area (Å²) in [6.07, 6.45) is 0.997. The van der Waals surface area contributed by atoms with Gasteiger partial charge >= 0.3 is 0 Å². The van der Waals surface area contributed by atoms with Crippen molar-refractivity contribution >= 4 is 17.5 Å². The average molecular weight is 355 g/mol. The zero-order chi connectivity index (χ0) is 17.1. The Kier molecular flexibility index (Phi) is 4.63. The summed E-state index contributed by atoms with van der Waals surface area (Å²) < 4.78 is 1.71. The minimum atomic E-state index is 0.659. The quantitative estimate of drug-likeness (QED) is 0.763. The zero-order valence-corrected chi connectivity index (χ0v) is 14.5. The SMILES string of the molecule is Clc1cccc2c1CCN(CCNc1nnnn1-c1ccccc1)C2. The molecule has 0 unspecified atom stereocenters. The molecule has 0 saturated heterocycles. The Bertz CT molecular complexity index is 848. The number of tetrazole rings is 1. The first-order valence-corrected chi connectivity index (χ1v) is 8.75. The molecule has 0 aliphatic carbocycles. The molecule has 3 aromatic rings. The van der Waals surface area contributed by atoms with Crippen LogP contribution in [0.4, 0.5) is 5.95 Å². The Morgan fingerprint density at radius 2 is 1.96 bits per heavy atom. The summed E-state index contributed by atoms with van der Waals surface area (Å²) in [4.78, 5) is 2.42. The van der Waals surface area contributed by atoms with Crippen LogP contribution < -0.4 is 5.32 Å². The summed E-state index contributed by atoms with van der Waals surface area (Å²) in [5.41, 5.74) is 3.56. The molecule has 0 spiro atoms. The molecule has 4 rings (SSSR count). The monoisotopic (exact) mass is 354 g/mol. The first kappa shape index (κ1) is 16.1. The van der Waals surface area contributed by atoms with Gasteiger partial charge < -0.3 is 5.32 Å². The number of aromatic nitrogens is 4. The minimum Gasteiger partial charge on any atom is -0.351 e. The largest absolute Gasteiger partial charge is 0.351 e. The van der Waals surface area contributed by atoms with E-state index in [1.165, 1.54) is 11.1 Å². The Balaban J connectivity index is 1.36. The molecule has 2 aromatic carbocycles. The number of benzene rings is 2. The fourth-order valence-corrected chi connectivity index (χ4v) is 3.47. The van der Waals surface area contributed by atoms with Crippen LogP contribution in [0.3, 0.4) is 0 Å². The Hall–Kier alpha value is -2.44. The van der Waals surface area contributed by atoms with Gasteiger partial charge in [-0.1, -0.05) is 47.0 Å². The highest BCUT2D eigenvalue weighted by Gasteiger charge is 2.18. The maximum absolute atomic E-state index is 6.28. The van der Waals surface area contributed by atoms with Crippen LogP contribution in [0.5, 0.6) is 0 Å². The number of nitrogens with one attached hydrogen (secondary N) is 1. The number of fused-ring (bicyclic) bond motifs is 1. The van der Waals surface area contributed by atoms with E-state index in [0.717, 1.165) is 43.3 Å². The van der Waals surface area contributed by atoms with Gasteiger partial charge in [0.05, 0.1) is 5.69 Å². The highest BCUT2D eigenvalue weighted by Crippen LogP contribution is 2.25. The maximum Gasteiger partial charge on any atom is 0.247 e. The van der Waals surface area contributed by atoms with Crippen LogP contribution in [0, 0.1) is 0 Å². The molecule has 7 heteroatoms. The van der Waals surface area contributed by atoms with Gasteiger partial charge in [0.2, 0.25) is 5.95 Å². The standard InChI is InChI=1S/C18H19ClN6/c19-17-8-4-5-14-13-24(11-9-16(14)17)12-10-20-18-21-22-23-25(18)15-6-2-1-3-7-15/h1-8H,9-13H2,(H,20,21,23). The zero-order valence-electron chi connectivity index (χ0n) is 13.8. The van der Waals surface area contributed by atoms with Crippen molar-refractivity contribution in [1.29, 1.82) is 0 Å². The molecule has 0 bridgehead atoms. The van der Waals surface area contributed by atoms with Gasteiger partial charge in [0.25, 0.3) is 0 Å². The lowest BCUT2D eigenvalue weighted by Gasteiger charge is -2.29. The van der Waals surface area contributed by atoms with Crippen LogP contribution in [0.25, 0.3) is 5.69 Å². The summed E-state index contributed by atoms with van der Waals surface area (Å²) >= 11 is 6.28. The van der Waals surface area contributed by atoms with E-state index in [9.17, 15) is 0 Å². The molecule has 0 atom stereocenters. The van der Waals surface area contributed by atoms with Crippen molar-refractivity contribution in [3.05, 3.63) is 64.7 Å². The smallest absolute Gasteiger partial charge is 0.247 e. The van der Waals surface area contributed by atoms with Gasteiger partial charge in [0.1, 0.15) is 0 Å². The van der Waals surface area contributed by atoms with Gasteiger partial charge in [-0.15, -0.1) is 0 Å². The molecular weight excluding hydrogens is 336 g/mol. The summed E-state index contributed by atoms with van der Waals surface area (Å²) in [5, 5.41) is 16.1. The van der Waals surface area contributed by atoms with E-state index in [2.05, 4.69) is 31.8 Å². The number of anilines is 1. The van der Waals surface area contributed by atoms with Crippen molar-refractivity contribution in [2.45, 2.75) is 13.0 Å². The normalized spacial score (nSPS) is 14.3. The fourth-order valence-electron chi connectivity index (χ4n) is 3.18. The maximum atomic E-state index is 6.28. The second-order valence-electron chi connectivity index (χ2n) is 6.08. The van der Waals surface area contributed by atoms with Crippen molar-refractivity contribution in [2.24, 2.45) is 0 Å². The van der Waals surface area contributed by atoms with E-state index >= 15 is 0 Å². The van der Waals surface area contributed by atoms with E-state index < -0.39 is 0 Å². The van der Waals surface area contributed by atoms with Gasteiger partial charge in [0, 0.05) is 31.2 Å². The number of hydrogen-bond acceptors (Lipinski definition) is 5. The van der Waals surface area contributed by atoms with Gasteiger partial charge in [-0.05, 0) is 46.2 Å². The molecule has 0 radical (unpaired) electrons. The highest BCUT2D eigenvalue weighted by molar-refractivity contribution is 6.31. The van der Waals surface area contributed by atoms with Gasteiger partial charge in [0.15, 0.2) is 0 Å². The van der Waals surface area contributed by atoms with Gasteiger partial charge in [-0.3, -0.25) is 4.90 Å². The Morgan fingerprint density at radius 1 is 1.08 bits per heavy atom. The molecule has 2 heterocycles. The molecular formula is C18H19ClN6. The molecule has 1 aliphatic heterocycles. The summed E-state index contributed by atoms with van der Waals surface area (Å²) in [5.74, 6) is 0.659. The lowest BCUT2D eigenvalue weighted by molar-refractivity contribution is 0.264. The molecule has 0 fully saturated rings. The summed E-state index contributed by atoms with van der Waals surface area (Å²) in [6, 6.07) is 16.0. The first-order valence-electron chi connectivity index (χ1n) is 8.37. The Morgan fingerprint density at radius 3 is 2.84 bits per heavy atom. The molecule has 1 N–H and O–H groups in total. The van der Waals surface area contributed by atoms with Crippen LogP contribution in [-0.4, -0.2) is 44.7 Å². The number of nitrogens with zero attached hydrogens (tertiary/aromatic N) is 5. The van der Waals surface area contributed by atoms with E-state index in [0.29, 0.717) is 5.95 Å². The summed E-state index contributed by atoms with van der Waals surface area (Å²) in [6.45, 7) is 3.65. The predicted octanol–water partition coefficient (Wildman–Crippen LogP) is 2.79. The molecule has 0 saturated carbocycles. The van der Waals surface area contributed by atoms with Crippen molar-refractivity contribution in [3.8, 4) is 5.69 Å². The minimum absolute atomic E-state index is 0.659. The van der Waals surface area contributed by atoms with Crippen molar-refractivity contribution < 1.29 is 0 Å². The first-order chi connectivity index (χ1) is 12.3. The second kappa shape index (κ2) is 7.21. The van der Waals surface area contributed by atoms with E-state index in [1.807, 2.05) is 42.5 Å². The van der Waals surface area contributed by atoms with E-state index in [-0.39, 0.29) is 0 Å². The van der Waals surface area contributed by atoms with Crippen LogP contribution in [0.2, 0.25) is 5.02 Å². The van der Waals surface area contributed by atoms with Crippen molar-refractivity contribution in [3.63, 3.8) is 0 Å². The van der Waals surface area contributed by atoms with Crippen LogP contribution in [-0.2, 0) is 13.0 Å². The lowest BCUT2D eigenvalue weighted by atomic mass is 10.00. The van der Waals surface area contributed by atoms with E-state index in [4.69, 9.17) is 11.6 Å². The molecule has 1 aromatic heterocycles. The number of hydrogen-bond donors (Lipinski definition) is 1. The summed E-state index contributed by atoms with van der Waals surface area (Å²) in [7, 11) is 0. The molecule has 25 heavy (non-hydrogen) atoms. The van der Waals surface area contributed by atoms with Crippen LogP contribution in [0.15, 0.2) is 48.5 Å². The van der Waals surface area contributed by atoms with Crippen molar-refractivity contribution in [1.82, 2.24) is 25.1 Å². The fraction of sp³-hybridized carbons (Fsp3) is 0.278. The average Bonchev–Trinajstić information content (AvgIpc) is 3.11. The number of halogens is 1. The molecule has 128 valence electrons. The third-order valence-electron chi connectivity index (χ3n) is 4.47. The topological polar surface area (TPSA) is 58.9 Å². The van der Waals surface area contributed by atoms with Gasteiger partial charge in [-0.25, -0.2) is 0 Å². The number of rotatable bonds is 5.